The Labute approximate surface area is 108 Å². The molecule has 1 N–H and O–H groups in total. The summed E-state index contributed by atoms with van der Waals surface area (Å²) in [5.41, 5.74) is -1.90. The molecule has 0 saturated carbocycles. The fourth-order valence-electron chi connectivity index (χ4n) is 2.43. The van der Waals surface area contributed by atoms with E-state index in [0.717, 1.165) is 4.90 Å². The van der Waals surface area contributed by atoms with Gasteiger partial charge in [0.25, 0.3) is 0 Å². The van der Waals surface area contributed by atoms with Crippen LogP contribution in [-0.2, 0) is 0 Å². The fourth-order valence-corrected chi connectivity index (χ4v) is 2.43. The van der Waals surface area contributed by atoms with Crippen LogP contribution in [0.4, 0.5) is 13.2 Å². The third-order valence-electron chi connectivity index (χ3n) is 3.59. The lowest BCUT2D eigenvalue weighted by Crippen LogP contribution is -2.68. The van der Waals surface area contributed by atoms with Crippen LogP contribution in [0.5, 0.6) is 0 Å². The average molecular weight is 270 g/mol. The molecule has 1 aliphatic rings. The number of benzene rings is 1. The first-order valence-corrected chi connectivity index (χ1v) is 5.87. The molecule has 0 radical (unpaired) electrons. The second-order valence-corrected chi connectivity index (χ2v) is 4.52. The van der Waals surface area contributed by atoms with Gasteiger partial charge < -0.3 is 5.11 Å². The van der Waals surface area contributed by atoms with Gasteiger partial charge in [-0.25, -0.2) is 0 Å². The summed E-state index contributed by atoms with van der Waals surface area (Å²) in [6, 6.07) is 9.00. The Morgan fingerprint density at radius 2 is 2.00 bits per heavy atom. The maximum Gasteiger partial charge on any atom is 0.420 e. The highest BCUT2D eigenvalue weighted by Gasteiger charge is 2.65. The van der Waals surface area contributed by atoms with Crippen molar-refractivity contribution in [1.29, 1.82) is 5.26 Å². The van der Waals surface area contributed by atoms with E-state index in [1.54, 1.807) is 30.3 Å². The van der Waals surface area contributed by atoms with Crippen molar-refractivity contribution in [2.45, 2.75) is 24.2 Å². The van der Waals surface area contributed by atoms with E-state index >= 15 is 0 Å². The van der Waals surface area contributed by atoms with E-state index < -0.39 is 24.4 Å². The summed E-state index contributed by atoms with van der Waals surface area (Å²) in [4.78, 5) is 1.03. The summed E-state index contributed by atoms with van der Waals surface area (Å²) in [6.45, 7) is -0.309. The Kier molecular flexibility index (Phi) is 3.52. The molecular formula is C13H13F3N2O. The summed E-state index contributed by atoms with van der Waals surface area (Å²) >= 11 is 0. The Balaban J connectivity index is 2.33. The lowest BCUT2D eigenvalue weighted by molar-refractivity contribution is -0.254. The van der Waals surface area contributed by atoms with Crippen molar-refractivity contribution in [2.75, 3.05) is 13.2 Å². The van der Waals surface area contributed by atoms with E-state index in [0.29, 0.717) is 5.56 Å². The predicted molar refractivity (Wildman–Crippen MR) is 62.0 cm³/mol. The van der Waals surface area contributed by atoms with Gasteiger partial charge in [-0.15, -0.1) is 0 Å². The molecule has 2 atom stereocenters. The number of rotatable bonds is 3. The predicted octanol–water partition coefficient (Wildman–Crippen LogP) is 2.25. The first-order valence-electron chi connectivity index (χ1n) is 5.87. The van der Waals surface area contributed by atoms with Gasteiger partial charge in [-0.3, -0.25) is 4.90 Å². The molecular weight excluding hydrogens is 257 g/mol. The van der Waals surface area contributed by atoms with Gasteiger partial charge >= 0.3 is 6.18 Å². The van der Waals surface area contributed by atoms with Gasteiger partial charge in [0, 0.05) is 13.0 Å². The molecule has 0 amide bonds. The molecule has 1 aromatic rings. The smallest absolute Gasteiger partial charge is 0.394 e. The van der Waals surface area contributed by atoms with Crippen LogP contribution in [0.15, 0.2) is 30.3 Å². The van der Waals surface area contributed by atoms with Gasteiger partial charge in [-0.05, 0) is 5.56 Å². The van der Waals surface area contributed by atoms with E-state index in [1.807, 2.05) is 0 Å². The number of hydrogen-bond acceptors (Lipinski definition) is 3. The van der Waals surface area contributed by atoms with Crippen LogP contribution in [0.2, 0.25) is 0 Å². The standard InChI is InChI=1S/C13H13F3N2O/c14-13(15,16)12(9-17)6-7-18(12)11(8-19)10-4-2-1-3-5-10/h1-5,11,19H,6-8H2/t11-,12+/m0/s1. The van der Waals surface area contributed by atoms with E-state index in [-0.39, 0.29) is 13.0 Å². The van der Waals surface area contributed by atoms with Crippen LogP contribution < -0.4 is 0 Å². The number of hydrogen-bond donors (Lipinski definition) is 1. The van der Waals surface area contributed by atoms with Gasteiger partial charge in [-0.1, -0.05) is 30.3 Å². The van der Waals surface area contributed by atoms with Crippen molar-refractivity contribution in [3.05, 3.63) is 35.9 Å². The third kappa shape index (κ3) is 2.09. The summed E-state index contributed by atoms with van der Waals surface area (Å²) in [6.07, 6.45) is -4.88. The second kappa shape index (κ2) is 4.83. The largest absolute Gasteiger partial charge is 0.420 e. The number of aliphatic hydroxyl groups excluding tert-OH is 1. The zero-order valence-corrected chi connectivity index (χ0v) is 10.1. The summed E-state index contributed by atoms with van der Waals surface area (Å²) < 4.78 is 39.2. The van der Waals surface area contributed by atoms with Crippen LogP contribution >= 0.6 is 0 Å². The summed E-state index contributed by atoms with van der Waals surface area (Å²) in [5.74, 6) is 0. The molecule has 2 rings (SSSR count). The topological polar surface area (TPSA) is 47.3 Å². The lowest BCUT2D eigenvalue weighted by atomic mass is 9.82. The van der Waals surface area contributed by atoms with Crippen molar-refractivity contribution in [3.8, 4) is 6.07 Å². The molecule has 0 unspecified atom stereocenters. The molecule has 0 bridgehead atoms. The molecule has 0 aliphatic carbocycles. The maximum absolute atomic E-state index is 13.1. The van der Waals surface area contributed by atoms with Crippen LogP contribution in [0.1, 0.15) is 18.0 Å². The fraction of sp³-hybridized carbons (Fsp3) is 0.462. The molecule has 19 heavy (non-hydrogen) atoms. The van der Waals surface area contributed by atoms with Crippen LogP contribution in [-0.4, -0.2) is 34.9 Å². The Morgan fingerprint density at radius 1 is 1.37 bits per heavy atom. The zero-order chi connectivity index (χ0) is 14.1. The molecule has 6 heteroatoms. The minimum Gasteiger partial charge on any atom is -0.394 e. The van der Waals surface area contributed by atoms with Crippen LogP contribution in [0.25, 0.3) is 0 Å². The minimum atomic E-state index is -4.62. The molecule has 0 spiro atoms. The second-order valence-electron chi connectivity index (χ2n) is 4.52. The minimum absolute atomic E-state index is 0.146. The summed E-state index contributed by atoms with van der Waals surface area (Å²) in [5, 5.41) is 18.3. The van der Waals surface area contributed by atoms with Crippen molar-refractivity contribution in [1.82, 2.24) is 4.90 Å². The Morgan fingerprint density at radius 3 is 2.37 bits per heavy atom. The quantitative estimate of drug-likeness (QED) is 0.916. The summed E-state index contributed by atoms with van der Waals surface area (Å²) in [7, 11) is 0. The normalized spacial score (nSPS) is 25.4. The monoisotopic (exact) mass is 270 g/mol. The molecule has 1 heterocycles. The average Bonchev–Trinajstić information content (AvgIpc) is 2.34. The van der Waals surface area contributed by atoms with Crippen molar-refractivity contribution in [2.24, 2.45) is 0 Å². The van der Waals surface area contributed by atoms with Crippen LogP contribution in [0, 0.1) is 11.3 Å². The zero-order valence-electron chi connectivity index (χ0n) is 10.1. The Hall–Kier alpha value is -1.58. The SMILES string of the molecule is N#C[C@@]1(C(F)(F)F)CCN1[C@@H](CO)c1ccccc1. The molecule has 0 aromatic heterocycles. The Bertz CT molecular complexity index is 483. The molecule has 102 valence electrons. The van der Waals surface area contributed by atoms with Crippen LogP contribution in [0.3, 0.4) is 0 Å². The first-order chi connectivity index (χ1) is 8.96. The van der Waals surface area contributed by atoms with Gasteiger partial charge in [-0.2, -0.15) is 18.4 Å². The van der Waals surface area contributed by atoms with Gasteiger partial charge in [0.2, 0.25) is 5.54 Å². The van der Waals surface area contributed by atoms with Gasteiger partial charge in [0.15, 0.2) is 0 Å². The van der Waals surface area contributed by atoms with Gasteiger partial charge in [0.05, 0.1) is 18.7 Å². The van der Waals surface area contributed by atoms with Crippen molar-refractivity contribution >= 4 is 0 Å². The van der Waals surface area contributed by atoms with E-state index in [4.69, 9.17) is 5.26 Å². The number of halogens is 3. The number of nitrogens with zero attached hydrogens (tertiary/aromatic N) is 2. The molecule has 1 aromatic carbocycles. The third-order valence-corrected chi connectivity index (χ3v) is 3.59. The highest BCUT2D eigenvalue weighted by atomic mass is 19.4. The van der Waals surface area contributed by atoms with E-state index in [9.17, 15) is 18.3 Å². The number of aliphatic hydroxyl groups is 1. The lowest BCUT2D eigenvalue weighted by Gasteiger charge is -2.51. The highest BCUT2D eigenvalue weighted by Crippen LogP contribution is 2.48. The van der Waals surface area contributed by atoms with E-state index in [2.05, 4.69) is 0 Å². The molecule has 3 nitrogen and oxygen atoms in total. The maximum atomic E-state index is 13.1. The van der Waals surface area contributed by atoms with Gasteiger partial charge in [0.1, 0.15) is 0 Å². The van der Waals surface area contributed by atoms with Crippen molar-refractivity contribution < 1.29 is 18.3 Å². The molecule has 1 saturated heterocycles. The van der Waals surface area contributed by atoms with Crippen molar-refractivity contribution in [3.63, 3.8) is 0 Å². The molecule has 1 aliphatic heterocycles. The number of likely N-dealkylation sites (tertiary alicyclic amines) is 1. The number of alkyl halides is 3. The highest BCUT2D eigenvalue weighted by molar-refractivity contribution is 5.26. The number of nitriles is 1. The molecule has 1 fully saturated rings. The van der Waals surface area contributed by atoms with E-state index in [1.165, 1.54) is 6.07 Å². The first kappa shape index (κ1) is 13.8.